The average molecular weight is 256 g/mol. The Morgan fingerprint density at radius 2 is 2.00 bits per heavy atom. The molecular formula is C13H24N2O3. The molecule has 5 heteroatoms. The molecule has 0 saturated carbocycles. The van der Waals surface area contributed by atoms with E-state index in [-0.39, 0.29) is 12.5 Å². The Bertz CT molecular complexity index is 261. The lowest BCUT2D eigenvalue weighted by Gasteiger charge is -2.28. The second-order valence-electron chi connectivity index (χ2n) is 5.37. The number of carbonyl (C=O) groups is 1. The van der Waals surface area contributed by atoms with Crippen molar-refractivity contribution >= 4 is 5.91 Å². The highest BCUT2D eigenvalue weighted by atomic mass is 16.5. The van der Waals surface area contributed by atoms with Crippen LogP contribution in [0.25, 0.3) is 0 Å². The van der Waals surface area contributed by atoms with Crippen LogP contribution in [0, 0.1) is 5.92 Å². The van der Waals surface area contributed by atoms with Crippen molar-refractivity contribution in [3.05, 3.63) is 0 Å². The maximum atomic E-state index is 11.7. The Morgan fingerprint density at radius 1 is 1.28 bits per heavy atom. The molecule has 0 aromatic carbocycles. The Kier molecular flexibility index (Phi) is 5.41. The van der Waals surface area contributed by atoms with Gasteiger partial charge in [-0.3, -0.25) is 4.79 Å². The summed E-state index contributed by atoms with van der Waals surface area (Å²) in [5.74, 6) is 0.677. The Labute approximate surface area is 108 Å². The zero-order chi connectivity index (χ0) is 12.8. The van der Waals surface area contributed by atoms with Gasteiger partial charge in [-0.15, -0.1) is 0 Å². The standard InChI is InChI=1S/C13H24N2O3/c16-4-6-18-5-3-14-13(17)9-10-7-11-1-2-12(8-10)15-11/h10-12,15-16H,1-9H2,(H,14,17). The van der Waals surface area contributed by atoms with E-state index in [1.807, 2.05) is 0 Å². The number of amides is 1. The van der Waals surface area contributed by atoms with Crippen molar-refractivity contribution in [2.75, 3.05) is 26.4 Å². The van der Waals surface area contributed by atoms with Crippen molar-refractivity contribution in [2.45, 2.75) is 44.2 Å². The fraction of sp³-hybridized carbons (Fsp3) is 0.923. The normalized spacial score (nSPS) is 30.4. The van der Waals surface area contributed by atoms with Crippen molar-refractivity contribution in [1.29, 1.82) is 0 Å². The maximum Gasteiger partial charge on any atom is 0.220 e. The summed E-state index contributed by atoms with van der Waals surface area (Å²) in [6.45, 7) is 1.39. The largest absolute Gasteiger partial charge is 0.394 e. The van der Waals surface area contributed by atoms with Gasteiger partial charge >= 0.3 is 0 Å². The summed E-state index contributed by atoms with van der Waals surface area (Å²) in [4.78, 5) is 11.7. The van der Waals surface area contributed by atoms with E-state index in [9.17, 15) is 4.79 Å². The third-order valence-corrected chi connectivity index (χ3v) is 3.85. The molecule has 0 aromatic rings. The zero-order valence-electron chi connectivity index (χ0n) is 10.9. The van der Waals surface area contributed by atoms with E-state index in [4.69, 9.17) is 9.84 Å². The molecule has 2 atom stereocenters. The number of aliphatic hydroxyl groups is 1. The first-order valence-corrected chi connectivity index (χ1v) is 6.99. The van der Waals surface area contributed by atoms with Gasteiger partial charge in [0, 0.05) is 25.0 Å². The summed E-state index contributed by atoms with van der Waals surface area (Å²) in [6, 6.07) is 1.30. The average Bonchev–Trinajstić information content (AvgIpc) is 2.68. The van der Waals surface area contributed by atoms with Crippen LogP contribution in [0.3, 0.4) is 0 Å². The minimum Gasteiger partial charge on any atom is -0.394 e. The van der Waals surface area contributed by atoms with E-state index in [1.165, 1.54) is 12.8 Å². The molecule has 0 spiro atoms. The van der Waals surface area contributed by atoms with Gasteiger partial charge in [0.05, 0.1) is 19.8 Å². The van der Waals surface area contributed by atoms with Crippen molar-refractivity contribution in [2.24, 2.45) is 5.92 Å². The quantitative estimate of drug-likeness (QED) is 0.562. The van der Waals surface area contributed by atoms with Crippen LogP contribution in [0.15, 0.2) is 0 Å². The number of fused-ring (bicyclic) bond motifs is 2. The number of piperidine rings is 1. The molecule has 18 heavy (non-hydrogen) atoms. The van der Waals surface area contributed by atoms with E-state index in [1.54, 1.807) is 0 Å². The van der Waals surface area contributed by atoms with E-state index in [0.29, 0.717) is 44.2 Å². The highest BCUT2D eigenvalue weighted by molar-refractivity contribution is 5.76. The van der Waals surface area contributed by atoms with Crippen LogP contribution in [-0.2, 0) is 9.53 Å². The van der Waals surface area contributed by atoms with E-state index >= 15 is 0 Å². The molecule has 0 radical (unpaired) electrons. The van der Waals surface area contributed by atoms with Gasteiger partial charge in [0.2, 0.25) is 5.91 Å². The Balaban J connectivity index is 1.57. The smallest absolute Gasteiger partial charge is 0.220 e. The summed E-state index contributed by atoms with van der Waals surface area (Å²) >= 11 is 0. The topological polar surface area (TPSA) is 70.6 Å². The Morgan fingerprint density at radius 3 is 2.67 bits per heavy atom. The molecule has 2 bridgehead atoms. The van der Waals surface area contributed by atoms with Crippen molar-refractivity contribution in [1.82, 2.24) is 10.6 Å². The molecule has 104 valence electrons. The number of hydrogen-bond acceptors (Lipinski definition) is 4. The molecule has 2 aliphatic rings. The van der Waals surface area contributed by atoms with Crippen LogP contribution < -0.4 is 10.6 Å². The van der Waals surface area contributed by atoms with Crippen LogP contribution in [0.1, 0.15) is 32.1 Å². The lowest BCUT2D eigenvalue weighted by molar-refractivity contribution is -0.122. The molecule has 2 heterocycles. The SMILES string of the molecule is O=C(CC1CC2CCC(C1)N2)NCCOCCO. The van der Waals surface area contributed by atoms with Crippen LogP contribution >= 0.6 is 0 Å². The van der Waals surface area contributed by atoms with Crippen LogP contribution in [0.4, 0.5) is 0 Å². The summed E-state index contributed by atoms with van der Waals surface area (Å²) in [5, 5.41) is 15.0. The number of aliphatic hydroxyl groups excluding tert-OH is 1. The molecule has 0 aromatic heterocycles. The second kappa shape index (κ2) is 7.07. The number of carbonyl (C=O) groups excluding carboxylic acids is 1. The first-order chi connectivity index (χ1) is 8.78. The van der Waals surface area contributed by atoms with Crippen LogP contribution in [0.5, 0.6) is 0 Å². The number of hydrogen-bond donors (Lipinski definition) is 3. The van der Waals surface area contributed by atoms with Gasteiger partial charge in [0.1, 0.15) is 0 Å². The van der Waals surface area contributed by atoms with Crippen LogP contribution in [0.2, 0.25) is 0 Å². The van der Waals surface area contributed by atoms with Crippen molar-refractivity contribution in [3.63, 3.8) is 0 Å². The molecule has 5 nitrogen and oxygen atoms in total. The predicted octanol–water partition coefficient (Wildman–Crippen LogP) is 0.0322. The molecule has 2 fully saturated rings. The fourth-order valence-electron chi connectivity index (χ4n) is 3.11. The minimum absolute atomic E-state index is 0.0335. The fourth-order valence-corrected chi connectivity index (χ4v) is 3.11. The molecule has 2 unspecified atom stereocenters. The lowest BCUT2D eigenvalue weighted by Crippen LogP contribution is -2.40. The van der Waals surface area contributed by atoms with Gasteiger partial charge in [-0.2, -0.15) is 0 Å². The predicted molar refractivity (Wildman–Crippen MR) is 68.2 cm³/mol. The third-order valence-electron chi connectivity index (χ3n) is 3.85. The third kappa shape index (κ3) is 4.23. The van der Waals surface area contributed by atoms with Gasteiger partial charge in [-0.05, 0) is 31.6 Å². The summed E-state index contributed by atoms with van der Waals surface area (Å²) < 4.78 is 5.09. The molecule has 2 rings (SSSR count). The van der Waals surface area contributed by atoms with Gasteiger partial charge in [-0.25, -0.2) is 0 Å². The number of ether oxygens (including phenoxy) is 1. The lowest BCUT2D eigenvalue weighted by atomic mass is 9.89. The zero-order valence-corrected chi connectivity index (χ0v) is 10.9. The highest BCUT2D eigenvalue weighted by Gasteiger charge is 2.33. The Hall–Kier alpha value is -0.650. The van der Waals surface area contributed by atoms with Gasteiger partial charge in [0.25, 0.3) is 0 Å². The number of rotatable bonds is 7. The molecule has 3 N–H and O–H groups in total. The highest BCUT2D eigenvalue weighted by Crippen LogP contribution is 2.32. The second-order valence-corrected chi connectivity index (χ2v) is 5.37. The first kappa shape index (κ1) is 13.8. The monoisotopic (exact) mass is 256 g/mol. The first-order valence-electron chi connectivity index (χ1n) is 6.99. The van der Waals surface area contributed by atoms with E-state index < -0.39 is 0 Å². The minimum atomic E-state index is 0.0335. The molecule has 2 aliphatic heterocycles. The summed E-state index contributed by atoms with van der Waals surface area (Å²) in [5.41, 5.74) is 0. The van der Waals surface area contributed by atoms with Crippen LogP contribution in [-0.4, -0.2) is 49.5 Å². The van der Waals surface area contributed by atoms with Gasteiger partial charge < -0.3 is 20.5 Å². The molecule has 1 amide bonds. The summed E-state index contributed by atoms with van der Waals surface area (Å²) in [6.07, 6.45) is 5.49. The van der Waals surface area contributed by atoms with E-state index in [0.717, 1.165) is 12.8 Å². The van der Waals surface area contributed by atoms with E-state index in [2.05, 4.69) is 10.6 Å². The maximum absolute atomic E-state index is 11.7. The number of nitrogens with one attached hydrogen (secondary N) is 2. The molecule has 2 saturated heterocycles. The van der Waals surface area contributed by atoms with Crippen molar-refractivity contribution < 1.29 is 14.6 Å². The van der Waals surface area contributed by atoms with Crippen molar-refractivity contribution in [3.8, 4) is 0 Å². The molecular weight excluding hydrogens is 232 g/mol. The van der Waals surface area contributed by atoms with Gasteiger partial charge in [0.15, 0.2) is 0 Å². The summed E-state index contributed by atoms with van der Waals surface area (Å²) in [7, 11) is 0. The van der Waals surface area contributed by atoms with Gasteiger partial charge in [-0.1, -0.05) is 0 Å². The molecule has 0 aliphatic carbocycles.